The smallest absolute Gasteiger partial charge is 0.166 e. The van der Waals surface area contributed by atoms with Crippen LogP contribution in [0.2, 0.25) is 0 Å². The molecule has 7 nitrogen and oxygen atoms in total. The predicted molar refractivity (Wildman–Crippen MR) is 96.9 cm³/mol. The zero-order valence-electron chi connectivity index (χ0n) is 13.7. The first-order valence-electron chi connectivity index (χ1n) is 7.92. The summed E-state index contributed by atoms with van der Waals surface area (Å²) in [6.45, 7) is 2.78. The minimum absolute atomic E-state index is 0.391. The van der Waals surface area contributed by atoms with E-state index >= 15 is 0 Å². The van der Waals surface area contributed by atoms with Crippen molar-refractivity contribution in [1.82, 2.24) is 24.6 Å². The highest BCUT2D eigenvalue weighted by molar-refractivity contribution is 5.84. The molecule has 1 aromatic carbocycles. The number of nitrogens with one attached hydrogen (secondary N) is 1. The van der Waals surface area contributed by atoms with Crippen LogP contribution in [0.5, 0.6) is 0 Å². The van der Waals surface area contributed by atoms with E-state index < -0.39 is 0 Å². The third-order valence-corrected chi connectivity index (χ3v) is 4.07. The fraction of sp³-hybridized carbons (Fsp3) is 0.111. The summed E-state index contributed by atoms with van der Waals surface area (Å²) >= 11 is 0. The van der Waals surface area contributed by atoms with Crippen molar-refractivity contribution >= 4 is 17.3 Å². The lowest BCUT2D eigenvalue weighted by Crippen LogP contribution is -2.03. The summed E-state index contributed by atoms with van der Waals surface area (Å²) in [6.07, 6.45) is 5.03. The zero-order valence-corrected chi connectivity index (χ0v) is 13.7. The van der Waals surface area contributed by atoms with Gasteiger partial charge in [0.15, 0.2) is 11.5 Å². The first kappa shape index (κ1) is 15.1. The lowest BCUT2D eigenvalue weighted by Gasteiger charge is -2.09. The minimum atomic E-state index is 0.391. The molecule has 0 radical (unpaired) electrons. The molecule has 0 aliphatic carbocycles. The number of nitrogen functional groups attached to an aromatic ring is 1. The van der Waals surface area contributed by atoms with Gasteiger partial charge >= 0.3 is 0 Å². The van der Waals surface area contributed by atoms with Crippen molar-refractivity contribution in [3.63, 3.8) is 0 Å². The molecule has 3 aromatic heterocycles. The van der Waals surface area contributed by atoms with E-state index in [-0.39, 0.29) is 0 Å². The van der Waals surface area contributed by atoms with Gasteiger partial charge in [0.2, 0.25) is 0 Å². The number of nitrogens with zero attached hydrogens (tertiary/aromatic N) is 5. The van der Waals surface area contributed by atoms with Crippen molar-refractivity contribution < 1.29 is 0 Å². The molecule has 3 N–H and O–H groups in total. The van der Waals surface area contributed by atoms with Crippen LogP contribution in [0, 0.1) is 6.92 Å². The van der Waals surface area contributed by atoms with Gasteiger partial charge in [-0.2, -0.15) is 0 Å². The molecule has 3 heterocycles. The molecular formula is C18H17N7. The number of benzene rings is 1. The van der Waals surface area contributed by atoms with Gasteiger partial charge in [-0.05, 0) is 24.1 Å². The standard InChI is InChI=1S/C18H17N7/c1-12-5-2-3-6-13(12)10-21-15-9-14(22-11-23-15)16-17(19)24-25-8-4-7-20-18(16)25/h2-9,11H,10H2,1H3,(H2,19,24)(H,21,22,23). The molecule has 0 saturated carbocycles. The Labute approximate surface area is 144 Å². The van der Waals surface area contributed by atoms with Crippen molar-refractivity contribution in [2.24, 2.45) is 0 Å². The van der Waals surface area contributed by atoms with Crippen molar-refractivity contribution in [1.29, 1.82) is 0 Å². The molecule has 0 spiro atoms. The zero-order chi connectivity index (χ0) is 17.2. The van der Waals surface area contributed by atoms with Crippen LogP contribution in [0.4, 0.5) is 11.6 Å². The van der Waals surface area contributed by atoms with Crippen molar-refractivity contribution in [3.05, 3.63) is 66.2 Å². The number of nitrogens with two attached hydrogens (primary N) is 1. The summed E-state index contributed by atoms with van der Waals surface area (Å²) in [5.74, 6) is 1.12. The number of anilines is 2. The van der Waals surface area contributed by atoms with E-state index in [1.807, 2.05) is 18.2 Å². The molecule has 0 aliphatic rings. The predicted octanol–water partition coefficient (Wildman–Crippen LogP) is 2.69. The van der Waals surface area contributed by atoms with E-state index in [1.54, 1.807) is 23.0 Å². The van der Waals surface area contributed by atoms with Gasteiger partial charge in [-0.25, -0.2) is 19.5 Å². The molecule has 4 aromatic rings. The Kier molecular flexibility index (Phi) is 3.74. The maximum absolute atomic E-state index is 6.07. The first-order chi connectivity index (χ1) is 12.2. The van der Waals surface area contributed by atoms with Gasteiger partial charge in [-0.15, -0.1) is 5.10 Å². The first-order valence-corrected chi connectivity index (χ1v) is 7.92. The molecular weight excluding hydrogens is 314 g/mol. The normalized spacial score (nSPS) is 10.9. The van der Waals surface area contributed by atoms with Crippen LogP contribution >= 0.6 is 0 Å². The minimum Gasteiger partial charge on any atom is -0.382 e. The molecule has 7 heteroatoms. The quantitative estimate of drug-likeness (QED) is 0.597. The Hall–Kier alpha value is -3.48. The van der Waals surface area contributed by atoms with Gasteiger partial charge in [0.05, 0.1) is 11.3 Å². The van der Waals surface area contributed by atoms with Crippen LogP contribution in [0.25, 0.3) is 16.9 Å². The maximum atomic E-state index is 6.07. The summed E-state index contributed by atoms with van der Waals surface area (Å²) in [6, 6.07) is 11.9. The van der Waals surface area contributed by atoms with Crippen LogP contribution in [0.1, 0.15) is 11.1 Å². The molecule has 25 heavy (non-hydrogen) atoms. The molecule has 0 amide bonds. The average molecular weight is 331 g/mol. The monoisotopic (exact) mass is 331 g/mol. The summed E-state index contributed by atoms with van der Waals surface area (Å²) in [5, 5.41) is 7.61. The third kappa shape index (κ3) is 2.87. The molecule has 0 atom stereocenters. The third-order valence-electron chi connectivity index (χ3n) is 4.07. The second kappa shape index (κ2) is 6.20. The summed E-state index contributed by atoms with van der Waals surface area (Å²) in [7, 11) is 0. The topological polar surface area (TPSA) is 94.0 Å². The van der Waals surface area contributed by atoms with E-state index in [0.717, 1.165) is 5.82 Å². The van der Waals surface area contributed by atoms with Crippen LogP contribution < -0.4 is 11.1 Å². The Morgan fingerprint density at radius 1 is 1.12 bits per heavy atom. The Morgan fingerprint density at radius 2 is 2.00 bits per heavy atom. The van der Waals surface area contributed by atoms with Gasteiger partial charge < -0.3 is 11.1 Å². The highest BCUT2D eigenvalue weighted by Gasteiger charge is 2.15. The lowest BCUT2D eigenvalue weighted by molar-refractivity contribution is 0.945. The molecule has 0 bridgehead atoms. The Balaban J connectivity index is 1.65. The number of fused-ring (bicyclic) bond motifs is 1. The van der Waals surface area contributed by atoms with E-state index in [1.165, 1.54) is 17.5 Å². The second-order valence-electron chi connectivity index (χ2n) is 5.72. The van der Waals surface area contributed by atoms with Gasteiger partial charge in [0.25, 0.3) is 0 Å². The number of rotatable bonds is 4. The maximum Gasteiger partial charge on any atom is 0.166 e. The van der Waals surface area contributed by atoms with Gasteiger partial charge in [-0.1, -0.05) is 24.3 Å². The number of hydrogen-bond acceptors (Lipinski definition) is 6. The fourth-order valence-corrected chi connectivity index (χ4v) is 2.73. The summed E-state index contributed by atoms with van der Waals surface area (Å²) in [4.78, 5) is 13.0. The molecule has 0 aliphatic heterocycles. The second-order valence-corrected chi connectivity index (χ2v) is 5.72. The molecule has 0 saturated heterocycles. The molecule has 0 fully saturated rings. The SMILES string of the molecule is Cc1ccccc1CNc1cc(-c2c(N)nn3cccnc23)ncn1. The molecule has 124 valence electrons. The number of hydrogen-bond donors (Lipinski definition) is 2. The number of aryl methyl sites for hydroxylation is 1. The highest BCUT2D eigenvalue weighted by atomic mass is 15.3. The average Bonchev–Trinajstić information content (AvgIpc) is 2.97. The van der Waals surface area contributed by atoms with Crippen LogP contribution in [-0.4, -0.2) is 24.6 Å². The molecule has 0 unspecified atom stereocenters. The van der Waals surface area contributed by atoms with Crippen molar-refractivity contribution in [2.45, 2.75) is 13.5 Å². The fourth-order valence-electron chi connectivity index (χ4n) is 2.73. The van der Waals surface area contributed by atoms with Gasteiger partial charge in [0, 0.05) is 25.0 Å². The lowest BCUT2D eigenvalue weighted by atomic mass is 10.1. The van der Waals surface area contributed by atoms with E-state index in [2.05, 4.69) is 44.4 Å². The highest BCUT2D eigenvalue weighted by Crippen LogP contribution is 2.28. The van der Waals surface area contributed by atoms with Crippen LogP contribution in [0.15, 0.2) is 55.1 Å². The Morgan fingerprint density at radius 3 is 2.88 bits per heavy atom. The Bertz CT molecular complexity index is 1040. The largest absolute Gasteiger partial charge is 0.382 e. The van der Waals surface area contributed by atoms with Gasteiger partial charge in [-0.3, -0.25) is 0 Å². The number of aromatic nitrogens is 5. The van der Waals surface area contributed by atoms with Crippen LogP contribution in [-0.2, 0) is 6.54 Å². The summed E-state index contributed by atoms with van der Waals surface area (Å²) in [5.41, 5.74) is 10.6. The van der Waals surface area contributed by atoms with Crippen LogP contribution in [0.3, 0.4) is 0 Å². The summed E-state index contributed by atoms with van der Waals surface area (Å²) < 4.78 is 1.65. The van der Waals surface area contributed by atoms with Crippen molar-refractivity contribution in [3.8, 4) is 11.3 Å². The molecule has 4 rings (SSSR count). The van der Waals surface area contributed by atoms with Gasteiger partial charge in [0.1, 0.15) is 12.1 Å². The van der Waals surface area contributed by atoms with E-state index in [9.17, 15) is 0 Å². The van der Waals surface area contributed by atoms with Crippen molar-refractivity contribution in [2.75, 3.05) is 11.1 Å². The van der Waals surface area contributed by atoms with E-state index in [0.29, 0.717) is 29.3 Å². The van der Waals surface area contributed by atoms with E-state index in [4.69, 9.17) is 5.73 Å².